The maximum atomic E-state index is 10.5. The van der Waals surface area contributed by atoms with E-state index in [-0.39, 0.29) is 18.6 Å². The Kier molecular flexibility index (Phi) is 4.87. The molecule has 1 aliphatic carbocycles. The molecular weight excluding hydrogens is 364 g/mol. The number of aliphatic hydroxyl groups excluding tert-OH is 1. The first-order chi connectivity index (χ1) is 14.2. The quantitative estimate of drug-likeness (QED) is 0.626. The smallest absolute Gasteiger partial charge is 0.197 e. The number of aliphatic hydroxyl groups is 1. The van der Waals surface area contributed by atoms with Crippen molar-refractivity contribution in [2.75, 3.05) is 32.8 Å². The van der Waals surface area contributed by atoms with Crippen molar-refractivity contribution in [1.82, 2.24) is 9.88 Å². The maximum absolute atomic E-state index is 10.5. The van der Waals surface area contributed by atoms with Crippen molar-refractivity contribution in [2.45, 2.75) is 18.9 Å². The molecule has 2 aliphatic rings. The fourth-order valence-electron chi connectivity index (χ4n) is 4.57. The lowest BCUT2D eigenvalue weighted by Crippen LogP contribution is -2.44. The maximum Gasteiger partial charge on any atom is 0.197 e. The second-order valence-electron chi connectivity index (χ2n) is 7.93. The van der Waals surface area contributed by atoms with Gasteiger partial charge in [-0.25, -0.2) is 0 Å². The largest absolute Gasteiger partial charge is 0.494 e. The summed E-state index contributed by atoms with van der Waals surface area (Å²) in [6.45, 7) is 3.48. The number of aromatic amines is 1. The van der Waals surface area contributed by atoms with Crippen LogP contribution in [0.3, 0.4) is 0 Å². The van der Waals surface area contributed by atoms with E-state index >= 15 is 0 Å². The molecule has 1 unspecified atom stereocenters. The zero-order valence-electron chi connectivity index (χ0n) is 16.4. The minimum Gasteiger partial charge on any atom is -0.494 e. The third-order valence-corrected chi connectivity index (χ3v) is 6.08. The van der Waals surface area contributed by atoms with E-state index in [1.165, 1.54) is 16.7 Å². The molecule has 0 spiro atoms. The zero-order chi connectivity index (χ0) is 19.8. The molecular formula is C24H26N2O3. The van der Waals surface area contributed by atoms with Crippen LogP contribution in [0.2, 0.25) is 0 Å². The van der Waals surface area contributed by atoms with E-state index in [4.69, 9.17) is 4.74 Å². The van der Waals surface area contributed by atoms with Crippen LogP contribution in [-0.2, 0) is 17.6 Å². The first-order valence-electron chi connectivity index (χ1n) is 10.3. The van der Waals surface area contributed by atoms with Gasteiger partial charge >= 0.3 is 0 Å². The summed E-state index contributed by atoms with van der Waals surface area (Å²) < 4.78 is 5.54. The van der Waals surface area contributed by atoms with Crippen molar-refractivity contribution in [3.8, 4) is 5.88 Å². The van der Waals surface area contributed by atoms with E-state index in [1.807, 2.05) is 18.2 Å². The van der Waals surface area contributed by atoms with Crippen molar-refractivity contribution in [3.63, 3.8) is 0 Å². The molecule has 1 aliphatic heterocycles. The van der Waals surface area contributed by atoms with Crippen LogP contribution in [-0.4, -0.2) is 59.0 Å². The number of H-pyrrole nitrogens is 1. The lowest BCUT2D eigenvalue weighted by Gasteiger charge is -2.32. The minimum absolute atomic E-state index is 0.0561. The molecule has 0 bridgehead atoms. The molecule has 1 aromatic heterocycles. The van der Waals surface area contributed by atoms with Crippen molar-refractivity contribution in [1.29, 1.82) is 0 Å². The monoisotopic (exact) mass is 390 g/mol. The molecule has 0 saturated carbocycles. The SMILES string of the molecule is OCC1CN(CCc2ccc3c(c2)CC=C3c2c(O)[nH]c3ccccc23)CCO1. The van der Waals surface area contributed by atoms with Gasteiger partial charge in [0.1, 0.15) is 0 Å². The van der Waals surface area contributed by atoms with Crippen LogP contribution in [0, 0.1) is 0 Å². The van der Waals surface area contributed by atoms with Gasteiger partial charge in [-0.3, -0.25) is 4.90 Å². The van der Waals surface area contributed by atoms with Crippen LogP contribution in [0.25, 0.3) is 16.5 Å². The molecule has 1 saturated heterocycles. The van der Waals surface area contributed by atoms with Crippen LogP contribution in [0.5, 0.6) is 5.88 Å². The van der Waals surface area contributed by atoms with E-state index in [2.05, 4.69) is 40.2 Å². The Morgan fingerprint density at radius 1 is 1.17 bits per heavy atom. The number of nitrogens with one attached hydrogen (secondary N) is 1. The number of rotatable bonds is 5. The fraction of sp³-hybridized carbons (Fsp3) is 0.333. The molecule has 5 nitrogen and oxygen atoms in total. The summed E-state index contributed by atoms with van der Waals surface area (Å²) >= 11 is 0. The zero-order valence-corrected chi connectivity index (χ0v) is 16.4. The Morgan fingerprint density at radius 3 is 2.97 bits per heavy atom. The number of benzene rings is 2. The van der Waals surface area contributed by atoms with Gasteiger partial charge in [-0.05, 0) is 41.2 Å². The van der Waals surface area contributed by atoms with Crippen molar-refractivity contribution < 1.29 is 14.9 Å². The Morgan fingerprint density at radius 2 is 2.07 bits per heavy atom. The highest BCUT2D eigenvalue weighted by Crippen LogP contribution is 2.41. The third kappa shape index (κ3) is 3.46. The lowest BCUT2D eigenvalue weighted by molar-refractivity contribution is -0.0523. The Bertz CT molecular complexity index is 1070. The van der Waals surface area contributed by atoms with Crippen molar-refractivity contribution >= 4 is 16.5 Å². The van der Waals surface area contributed by atoms with Crippen LogP contribution in [0.4, 0.5) is 0 Å². The number of fused-ring (bicyclic) bond motifs is 2. The summed E-state index contributed by atoms with van der Waals surface area (Å²) in [4.78, 5) is 5.46. The van der Waals surface area contributed by atoms with E-state index in [1.54, 1.807) is 0 Å². The molecule has 5 heteroatoms. The van der Waals surface area contributed by atoms with Crippen LogP contribution >= 0.6 is 0 Å². The molecule has 150 valence electrons. The van der Waals surface area contributed by atoms with Gasteiger partial charge in [0.25, 0.3) is 0 Å². The lowest BCUT2D eigenvalue weighted by atomic mass is 9.96. The van der Waals surface area contributed by atoms with Crippen molar-refractivity contribution in [2.24, 2.45) is 0 Å². The normalized spacial score (nSPS) is 19.5. The Balaban J connectivity index is 1.34. The molecule has 5 rings (SSSR count). The Hall–Kier alpha value is -2.60. The molecule has 3 N–H and O–H groups in total. The van der Waals surface area contributed by atoms with Gasteiger partial charge in [0, 0.05) is 30.5 Å². The summed E-state index contributed by atoms with van der Waals surface area (Å²) in [5.74, 6) is 0.236. The standard InChI is InChI=1S/C24H26N2O3/c27-15-18-14-26(11-12-29-18)10-9-16-5-7-19-17(13-16)6-8-20(19)23-21-3-1-2-4-22(21)25-24(23)28/h1-5,7-8,13,18,25,27-28H,6,9-12,14-15H2. The Labute approximate surface area is 170 Å². The summed E-state index contributed by atoms with van der Waals surface area (Å²) in [7, 11) is 0. The number of nitrogens with zero attached hydrogens (tertiary/aromatic N) is 1. The third-order valence-electron chi connectivity index (χ3n) is 6.08. The van der Waals surface area contributed by atoms with Crippen molar-refractivity contribution in [3.05, 3.63) is 70.8 Å². The molecule has 29 heavy (non-hydrogen) atoms. The van der Waals surface area contributed by atoms with Gasteiger partial charge in [-0.2, -0.15) is 0 Å². The highest BCUT2D eigenvalue weighted by Gasteiger charge is 2.23. The summed E-state index contributed by atoms with van der Waals surface area (Å²) in [6.07, 6.45) is 4.04. The summed E-state index contributed by atoms with van der Waals surface area (Å²) in [5, 5.41) is 20.9. The van der Waals surface area contributed by atoms with Gasteiger partial charge in [0.2, 0.25) is 0 Å². The van der Waals surface area contributed by atoms with Gasteiger partial charge in [-0.1, -0.05) is 42.5 Å². The second-order valence-corrected chi connectivity index (χ2v) is 7.93. The number of allylic oxidation sites excluding steroid dienone is 1. The van der Waals surface area contributed by atoms with Gasteiger partial charge in [-0.15, -0.1) is 0 Å². The number of aromatic hydroxyl groups is 1. The van der Waals surface area contributed by atoms with Gasteiger partial charge < -0.3 is 19.9 Å². The molecule has 0 amide bonds. The first kappa shape index (κ1) is 18.4. The molecule has 2 heterocycles. The van der Waals surface area contributed by atoms with E-state index in [0.717, 1.165) is 54.5 Å². The van der Waals surface area contributed by atoms with E-state index < -0.39 is 0 Å². The minimum atomic E-state index is -0.0561. The van der Waals surface area contributed by atoms with Gasteiger partial charge in [0.15, 0.2) is 5.88 Å². The second kappa shape index (κ2) is 7.67. The number of morpholine rings is 1. The van der Waals surface area contributed by atoms with Gasteiger partial charge in [0.05, 0.1) is 24.9 Å². The van der Waals surface area contributed by atoms with E-state index in [9.17, 15) is 10.2 Å². The van der Waals surface area contributed by atoms with Crippen LogP contribution in [0.1, 0.15) is 22.3 Å². The number of para-hydroxylation sites is 1. The molecule has 0 radical (unpaired) electrons. The molecule has 2 aromatic carbocycles. The summed E-state index contributed by atoms with van der Waals surface area (Å²) in [6, 6.07) is 14.7. The first-order valence-corrected chi connectivity index (χ1v) is 10.3. The highest BCUT2D eigenvalue weighted by molar-refractivity contribution is 6.01. The number of hydrogen-bond donors (Lipinski definition) is 3. The predicted molar refractivity (Wildman–Crippen MR) is 114 cm³/mol. The summed E-state index contributed by atoms with van der Waals surface area (Å²) in [5.41, 5.74) is 6.82. The topological polar surface area (TPSA) is 68.7 Å². The predicted octanol–water partition coefficient (Wildman–Crippen LogP) is 3.10. The van der Waals surface area contributed by atoms with Crippen LogP contribution in [0.15, 0.2) is 48.5 Å². The highest BCUT2D eigenvalue weighted by atomic mass is 16.5. The number of hydrogen-bond acceptors (Lipinski definition) is 4. The number of aromatic nitrogens is 1. The molecule has 1 fully saturated rings. The number of ether oxygens (including phenoxy) is 1. The fourth-order valence-corrected chi connectivity index (χ4v) is 4.57. The molecule has 3 aromatic rings. The average molecular weight is 390 g/mol. The molecule has 1 atom stereocenters. The average Bonchev–Trinajstić information content (AvgIpc) is 3.31. The van der Waals surface area contributed by atoms with E-state index in [0.29, 0.717) is 6.61 Å². The van der Waals surface area contributed by atoms with Crippen LogP contribution < -0.4 is 0 Å².